The highest BCUT2D eigenvalue weighted by Crippen LogP contribution is 2.45. The summed E-state index contributed by atoms with van der Waals surface area (Å²) in [5.74, 6) is -1.41. The number of carbonyl (C=O) groups is 3. The summed E-state index contributed by atoms with van der Waals surface area (Å²) in [4.78, 5) is 39.5. The number of rotatable bonds is 4. The Hall–Kier alpha value is -3.22. The quantitative estimate of drug-likeness (QED) is 0.782. The summed E-state index contributed by atoms with van der Waals surface area (Å²) in [6, 6.07) is 12.5. The molecule has 1 atom stereocenters. The van der Waals surface area contributed by atoms with Gasteiger partial charge in [-0.3, -0.25) is 14.4 Å². The van der Waals surface area contributed by atoms with Crippen LogP contribution in [0.4, 0.5) is 15.8 Å². The van der Waals surface area contributed by atoms with Crippen molar-refractivity contribution in [1.29, 1.82) is 0 Å². The lowest BCUT2D eigenvalue weighted by Crippen LogP contribution is -2.46. The molecule has 1 saturated carbocycles. The highest BCUT2D eigenvalue weighted by molar-refractivity contribution is 6.05. The number of anilines is 2. The van der Waals surface area contributed by atoms with Crippen LogP contribution >= 0.6 is 0 Å². The molecule has 0 saturated heterocycles. The molecule has 2 aromatic rings. The average Bonchev–Trinajstić information content (AvgIpc) is 2.81. The van der Waals surface area contributed by atoms with Crippen LogP contribution in [0.15, 0.2) is 48.5 Å². The number of para-hydroxylation sites is 2. The lowest BCUT2D eigenvalue weighted by molar-refractivity contribution is -0.157. The lowest BCUT2D eigenvalue weighted by atomic mass is 9.64. The molecule has 1 aliphatic heterocycles. The third-order valence-electron chi connectivity index (χ3n) is 5.95. The van der Waals surface area contributed by atoms with Gasteiger partial charge in [0, 0.05) is 12.5 Å². The van der Waals surface area contributed by atoms with Gasteiger partial charge in [0.25, 0.3) is 5.91 Å². The lowest BCUT2D eigenvalue weighted by Gasteiger charge is -2.39. The molecule has 6 nitrogen and oxygen atoms in total. The van der Waals surface area contributed by atoms with Crippen LogP contribution in [0.1, 0.15) is 38.2 Å². The first-order chi connectivity index (χ1) is 14.4. The van der Waals surface area contributed by atoms with Crippen molar-refractivity contribution in [2.24, 2.45) is 0 Å². The zero-order valence-corrected chi connectivity index (χ0v) is 16.7. The zero-order valence-electron chi connectivity index (χ0n) is 16.7. The summed E-state index contributed by atoms with van der Waals surface area (Å²) in [5, 5.41) is 2.80. The standard InChI is InChI=1S/C23H23FN2O4/c1-15-13-20(27)25-18-5-2-3-6-19(18)26(15)21(28)14-30-22(29)23(11-4-12-23)16-7-9-17(24)10-8-16/h2-3,5-10,15H,4,11-14H2,1H3,(H,25,27)/t15-/m0/s1. The van der Waals surface area contributed by atoms with Crippen molar-refractivity contribution in [2.75, 3.05) is 16.8 Å². The minimum Gasteiger partial charge on any atom is -0.455 e. The molecule has 0 spiro atoms. The minimum absolute atomic E-state index is 0.147. The SMILES string of the molecule is C[C@H]1CC(=O)Nc2ccccc2N1C(=O)COC(=O)C1(c2ccc(F)cc2)CCC1. The molecule has 7 heteroatoms. The third-order valence-corrected chi connectivity index (χ3v) is 5.95. The molecule has 4 rings (SSSR count). The Labute approximate surface area is 174 Å². The smallest absolute Gasteiger partial charge is 0.317 e. The Morgan fingerprint density at radius 1 is 1.17 bits per heavy atom. The number of hydrogen-bond donors (Lipinski definition) is 1. The minimum atomic E-state index is -0.826. The molecule has 0 radical (unpaired) electrons. The van der Waals surface area contributed by atoms with Gasteiger partial charge in [-0.2, -0.15) is 0 Å². The highest BCUT2D eigenvalue weighted by atomic mass is 19.1. The monoisotopic (exact) mass is 410 g/mol. The fourth-order valence-electron chi connectivity index (χ4n) is 4.21. The first-order valence-electron chi connectivity index (χ1n) is 10.0. The van der Waals surface area contributed by atoms with Crippen molar-refractivity contribution in [2.45, 2.75) is 44.1 Å². The van der Waals surface area contributed by atoms with Crippen molar-refractivity contribution < 1.29 is 23.5 Å². The molecule has 0 unspecified atom stereocenters. The van der Waals surface area contributed by atoms with Crippen molar-refractivity contribution >= 4 is 29.2 Å². The van der Waals surface area contributed by atoms with Crippen LogP contribution in [-0.4, -0.2) is 30.4 Å². The molecule has 2 aliphatic rings. The second-order valence-corrected chi connectivity index (χ2v) is 7.90. The van der Waals surface area contributed by atoms with Gasteiger partial charge in [0.1, 0.15) is 5.82 Å². The summed E-state index contributed by atoms with van der Waals surface area (Å²) in [5.41, 5.74) is 1.01. The van der Waals surface area contributed by atoms with E-state index in [9.17, 15) is 18.8 Å². The van der Waals surface area contributed by atoms with E-state index in [-0.39, 0.29) is 24.2 Å². The van der Waals surface area contributed by atoms with Gasteiger partial charge in [-0.1, -0.05) is 30.7 Å². The Kier molecular flexibility index (Phi) is 5.28. The number of benzene rings is 2. The van der Waals surface area contributed by atoms with Crippen LogP contribution in [0.3, 0.4) is 0 Å². The number of carbonyl (C=O) groups excluding carboxylic acids is 3. The summed E-state index contributed by atoms with van der Waals surface area (Å²) in [6.07, 6.45) is 2.22. The number of halogens is 1. The fourth-order valence-corrected chi connectivity index (χ4v) is 4.21. The predicted molar refractivity (Wildman–Crippen MR) is 110 cm³/mol. The molecule has 2 amide bonds. The zero-order chi connectivity index (χ0) is 21.3. The molecule has 30 heavy (non-hydrogen) atoms. The van der Waals surface area contributed by atoms with Crippen LogP contribution in [-0.2, 0) is 24.5 Å². The van der Waals surface area contributed by atoms with Crippen LogP contribution in [0.5, 0.6) is 0 Å². The van der Waals surface area contributed by atoms with Crippen LogP contribution in [0.25, 0.3) is 0 Å². The van der Waals surface area contributed by atoms with Crippen molar-refractivity contribution in [3.63, 3.8) is 0 Å². The van der Waals surface area contributed by atoms with Crippen LogP contribution < -0.4 is 10.2 Å². The molecular formula is C23H23FN2O4. The van der Waals surface area contributed by atoms with Gasteiger partial charge >= 0.3 is 5.97 Å². The highest BCUT2D eigenvalue weighted by Gasteiger charge is 2.47. The van der Waals surface area contributed by atoms with Gasteiger partial charge in [0.2, 0.25) is 5.91 Å². The third kappa shape index (κ3) is 3.56. The number of ether oxygens (including phenoxy) is 1. The van der Waals surface area contributed by atoms with E-state index in [2.05, 4.69) is 5.32 Å². The van der Waals surface area contributed by atoms with E-state index in [4.69, 9.17) is 4.74 Å². The van der Waals surface area contributed by atoms with Gasteiger partial charge in [-0.25, -0.2) is 4.39 Å². The first kappa shape index (κ1) is 20.1. The Morgan fingerprint density at radius 3 is 2.53 bits per heavy atom. The van der Waals surface area contributed by atoms with E-state index in [1.54, 1.807) is 43.3 Å². The molecular weight excluding hydrogens is 387 g/mol. The van der Waals surface area contributed by atoms with Gasteiger partial charge in [0.05, 0.1) is 16.8 Å². The van der Waals surface area contributed by atoms with Crippen molar-refractivity contribution in [3.8, 4) is 0 Å². The maximum atomic E-state index is 13.3. The molecule has 1 heterocycles. The van der Waals surface area contributed by atoms with Crippen LogP contribution in [0.2, 0.25) is 0 Å². The average molecular weight is 410 g/mol. The Balaban J connectivity index is 1.51. The van der Waals surface area contributed by atoms with E-state index >= 15 is 0 Å². The van der Waals surface area contributed by atoms with E-state index in [0.717, 1.165) is 6.42 Å². The number of amides is 2. The van der Waals surface area contributed by atoms with E-state index in [1.165, 1.54) is 17.0 Å². The summed E-state index contributed by atoms with van der Waals surface area (Å²) in [6.45, 7) is 1.36. The van der Waals surface area contributed by atoms with E-state index in [0.29, 0.717) is 29.8 Å². The molecule has 1 fully saturated rings. The predicted octanol–water partition coefficient (Wildman–Crippen LogP) is 3.55. The molecule has 156 valence electrons. The second kappa shape index (κ2) is 7.89. The van der Waals surface area contributed by atoms with Gasteiger partial charge in [0.15, 0.2) is 6.61 Å². The molecule has 1 aliphatic carbocycles. The number of nitrogens with one attached hydrogen (secondary N) is 1. The topological polar surface area (TPSA) is 75.7 Å². The maximum absolute atomic E-state index is 13.3. The largest absolute Gasteiger partial charge is 0.455 e. The fraction of sp³-hybridized carbons (Fsp3) is 0.348. The molecule has 0 aromatic heterocycles. The Bertz CT molecular complexity index is 985. The molecule has 2 aromatic carbocycles. The Morgan fingerprint density at radius 2 is 1.87 bits per heavy atom. The number of esters is 1. The number of hydrogen-bond acceptors (Lipinski definition) is 4. The summed E-state index contributed by atoms with van der Waals surface area (Å²) in [7, 11) is 0. The molecule has 0 bridgehead atoms. The van der Waals surface area contributed by atoms with Crippen LogP contribution in [0, 0.1) is 5.82 Å². The maximum Gasteiger partial charge on any atom is 0.317 e. The normalized spacial score (nSPS) is 19.7. The van der Waals surface area contributed by atoms with Crippen molar-refractivity contribution in [3.05, 3.63) is 59.9 Å². The first-order valence-corrected chi connectivity index (χ1v) is 10.0. The summed E-state index contributed by atoms with van der Waals surface area (Å²) >= 11 is 0. The second-order valence-electron chi connectivity index (χ2n) is 7.90. The number of nitrogens with zero attached hydrogens (tertiary/aromatic N) is 1. The summed E-state index contributed by atoms with van der Waals surface area (Å²) < 4.78 is 18.7. The van der Waals surface area contributed by atoms with Gasteiger partial charge in [-0.05, 0) is 49.6 Å². The van der Waals surface area contributed by atoms with Gasteiger partial charge in [-0.15, -0.1) is 0 Å². The number of fused-ring (bicyclic) bond motifs is 1. The van der Waals surface area contributed by atoms with E-state index in [1.807, 2.05) is 0 Å². The van der Waals surface area contributed by atoms with Gasteiger partial charge < -0.3 is 15.0 Å². The van der Waals surface area contributed by atoms with E-state index < -0.39 is 23.9 Å². The molecule has 1 N–H and O–H groups in total. The van der Waals surface area contributed by atoms with Crippen molar-refractivity contribution in [1.82, 2.24) is 0 Å².